The zero-order valence-electron chi connectivity index (χ0n) is 5.00. The van der Waals surface area contributed by atoms with E-state index in [9.17, 15) is 4.79 Å². The molecule has 5 heteroatoms. The number of primary amides is 1. The molecule has 4 nitrogen and oxygen atoms in total. The summed E-state index contributed by atoms with van der Waals surface area (Å²) in [5.74, 6) is -0.0214. The summed E-state index contributed by atoms with van der Waals surface area (Å²) in [6.45, 7) is 1.83. The van der Waals surface area contributed by atoms with Crippen LogP contribution in [0.5, 0.6) is 0 Å². The lowest BCUT2D eigenvalue weighted by Gasteiger charge is -1.92. The Morgan fingerprint density at radius 3 is 2.56 bits per heavy atom. The van der Waals surface area contributed by atoms with Crippen LogP contribution in [0, 0.1) is 0 Å². The van der Waals surface area contributed by atoms with Crippen molar-refractivity contribution in [2.45, 2.75) is 6.92 Å². The Morgan fingerprint density at radius 1 is 1.89 bits per heavy atom. The second-order valence-corrected chi connectivity index (χ2v) is 2.46. The number of hydrogen-bond donors (Lipinski definition) is 2. The van der Waals surface area contributed by atoms with Crippen molar-refractivity contribution >= 4 is 22.7 Å². The van der Waals surface area contributed by atoms with Crippen molar-refractivity contribution in [3.8, 4) is 0 Å². The second kappa shape index (κ2) is 4.20. The average molecular weight is 148 g/mol. The molecule has 0 aliphatic heterocycles. The van der Waals surface area contributed by atoms with E-state index in [1.807, 2.05) is 6.92 Å². The Hall–Kier alpha value is -0.710. The van der Waals surface area contributed by atoms with Gasteiger partial charge in [0.15, 0.2) is 5.04 Å². The van der Waals surface area contributed by atoms with Gasteiger partial charge in [0, 0.05) is 0 Å². The highest BCUT2D eigenvalue weighted by atomic mass is 32.2. The smallest absolute Gasteiger partial charge is 0.277 e. The van der Waals surface area contributed by atoms with E-state index in [0.29, 0.717) is 5.75 Å². The van der Waals surface area contributed by atoms with Crippen molar-refractivity contribution in [2.75, 3.05) is 5.75 Å². The van der Waals surface area contributed by atoms with Crippen LogP contribution in [0.4, 0.5) is 0 Å². The lowest BCUT2D eigenvalue weighted by molar-refractivity contribution is -0.111. The number of carbonyl (C=O) groups is 1. The number of oxime groups is 1. The quantitative estimate of drug-likeness (QED) is 0.238. The number of carbonyl (C=O) groups excluding carboxylic acids is 1. The van der Waals surface area contributed by atoms with Crippen LogP contribution in [-0.2, 0) is 4.79 Å². The van der Waals surface area contributed by atoms with Crippen LogP contribution >= 0.6 is 11.8 Å². The van der Waals surface area contributed by atoms with Crippen LogP contribution in [0.3, 0.4) is 0 Å². The Bertz CT molecular complexity index is 135. The molecule has 0 atom stereocenters. The highest BCUT2D eigenvalue weighted by molar-refractivity contribution is 8.15. The summed E-state index contributed by atoms with van der Waals surface area (Å²) in [7, 11) is 0. The van der Waals surface area contributed by atoms with E-state index in [2.05, 4.69) is 5.16 Å². The van der Waals surface area contributed by atoms with Gasteiger partial charge in [0.1, 0.15) is 0 Å². The fourth-order valence-corrected chi connectivity index (χ4v) is 0.759. The van der Waals surface area contributed by atoms with Gasteiger partial charge in [0.2, 0.25) is 0 Å². The molecule has 0 saturated carbocycles. The minimum atomic E-state index is -0.690. The summed E-state index contributed by atoms with van der Waals surface area (Å²) in [4.78, 5) is 10.2. The predicted molar refractivity (Wildman–Crippen MR) is 36.5 cm³/mol. The molecule has 0 unspecified atom stereocenters. The van der Waals surface area contributed by atoms with E-state index >= 15 is 0 Å². The molecule has 1 amide bonds. The molecule has 0 saturated heterocycles. The van der Waals surface area contributed by atoms with Crippen LogP contribution in [0.15, 0.2) is 5.16 Å². The highest BCUT2D eigenvalue weighted by Gasteiger charge is 2.05. The van der Waals surface area contributed by atoms with Gasteiger partial charge in [0.05, 0.1) is 0 Å². The second-order valence-electron chi connectivity index (χ2n) is 1.20. The molecule has 0 bridgehead atoms. The molecule has 0 heterocycles. The van der Waals surface area contributed by atoms with E-state index in [0.717, 1.165) is 11.8 Å². The molecule has 0 fully saturated rings. The lowest BCUT2D eigenvalue weighted by Crippen LogP contribution is -2.20. The first-order valence-electron chi connectivity index (χ1n) is 2.37. The van der Waals surface area contributed by atoms with Crippen molar-refractivity contribution in [3.05, 3.63) is 0 Å². The molecule has 0 aliphatic carbocycles. The summed E-state index contributed by atoms with van der Waals surface area (Å²) < 4.78 is 0. The van der Waals surface area contributed by atoms with Gasteiger partial charge in [-0.3, -0.25) is 4.79 Å². The molecule has 0 aromatic rings. The number of thioether (sulfide) groups is 1. The van der Waals surface area contributed by atoms with Gasteiger partial charge in [-0.2, -0.15) is 0 Å². The van der Waals surface area contributed by atoms with Crippen LogP contribution in [0.1, 0.15) is 6.92 Å². The molecule has 0 aromatic heterocycles. The molecule has 52 valence electrons. The van der Waals surface area contributed by atoms with Gasteiger partial charge in [-0.25, -0.2) is 0 Å². The first-order chi connectivity index (χ1) is 4.22. The Balaban J connectivity index is 3.85. The molecule has 0 aliphatic rings. The van der Waals surface area contributed by atoms with Gasteiger partial charge in [0.25, 0.3) is 5.91 Å². The fourth-order valence-electron chi connectivity index (χ4n) is 0.286. The third-order valence-electron chi connectivity index (χ3n) is 0.583. The van der Waals surface area contributed by atoms with Crippen LogP contribution < -0.4 is 5.73 Å². The minimum Gasteiger partial charge on any atom is -0.410 e. The number of nitrogens with zero attached hydrogens (tertiary/aromatic N) is 1. The van der Waals surface area contributed by atoms with Gasteiger partial charge in [-0.1, -0.05) is 23.8 Å². The lowest BCUT2D eigenvalue weighted by atomic mass is 10.7. The number of nitrogens with two attached hydrogens (primary N) is 1. The van der Waals surface area contributed by atoms with Gasteiger partial charge in [-0.05, 0) is 5.75 Å². The van der Waals surface area contributed by atoms with Crippen molar-refractivity contribution in [1.82, 2.24) is 0 Å². The summed E-state index contributed by atoms with van der Waals surface area (Å²) in [5.41, 5.74) is 4.78. The number of amides is 1. The first kappa shape index (κ1) is 8.29. The van der Waals surface area contributed by atoms with Gasteiger partial charge < -0.3 is 10.9 Å². The van der Waals surface area contributed by atoms with Crippen molar-refractivity contribution in [1.29, 1.82) is 0 Å². The zero-order valence-corrected chi connectivity index (χ0v) is 5.81. The topological polar surface area (TPSA) is 75.7 Å². The zero-order chi connectivity index (χ0) is 7.28. The summed E-state index contributed by atoms with van der Waals surface area (Å²) in [5, 5.41) is 10.7. The monoisotopic (exact) mass is 148 g/mol. The first-order valence-corrected chi connectivity index (χ1v) is 3.35. The summed E-state index contributed by atoms with van der Waals surface area (Å²) in [6, 6.07) is 0. The normalized spacial score (nSPS) is 11.4. The maximum atomic E-state index is 10.2. The van der Waals surface area contributed by atoms with Crippen LogP contribution in [0.25, 0.3) is 0 Å². The largest absolute Gasteiger partial charge is 0.410 e. The third-order valence-corrected chi connectivity index (χ3v) is 1.43. The molecular formula is C4H8N2O2S. The Kier molecular flexibility index (Phi) is 3.87. The number of rotatable bonds is 1. The molecule has 0 spiro atoms. The Labute approximate surface area is 57.1 Å². The van der Waals surface area contributed by atoms with Gasteiger partial charge >= 0.3 is 0 Å². The van der Waals surface area contributed by atoms with E-state index in [1.54, 1.807) is 0 Å². The van der Waals surface area contributed by atoms with E-state index in [4.69, 9.17) is 10.9 Å². The maximum absolute atomic E-state index is 10.2. The minimum absolute atomic E-state index is 0.0440. The molecule has 0 radical (unpaired) electrons. The van der Waals surface area contributed by atoms with Crippen molar-refractivity contribution < 1.29 is 10.0 Å². The number of hydrogen-bond acceptors (Lipinski definition) is 4. The molecule has 3 N–H and O–H groups in total. The fraction of sp³-hybridized carbons (Fsp3) is 0.500. The molecule has 9 heavy (non-hydrogen) atoms. The van der Waals surface area contributed by atoms with Crippen molar-refractivity contribution in [3.63, 3.8) is 0 Å². The average Bonchev–Trinajstić information content (AvgIpc) is 1.82. The predicted octanol–water partition coefficient (Wildman–Crippen LogP) is 0.0125. The van der Waals surface area contributed by atoms with Crippen LogP contribution in [0.2, 0.25) is 0 Å². The molecule has 0 aromatic carbocycles. The van der Waals surface area contributed by atoms with E-state index in [-0.39, 0.29) is 5.04 Å². The summed E-state index contributed by atoms with van der Waals surface area (Å²) >= 11 is 1.11. The van der Waals surface area contributed by atoms with E-state index in [1.165, 1.54) is 0 Å². The third kappa shape index (κ3) is 2.97. The Morgan fingerprint density at radius 2 is 2.44 bits per heavy atom. The van der Waals surface area contributed by atoms with Crippen LogP contribution in [-0.4, -0.2) is 21.9 Å². The highest BCUT2D eigenvalue weighted by Crippen LogP contribution is 2.00. The van der Waals surface area contributed by atoms with Gasteiger partial charge in [-0.15, -0.1) is 0 Å². The SMILES string of the molecule is CCS/C(=N\O)C(N)=O. The molecule has 0 rings (SSSR count). The van der Waals surface area contributed by atoms with Crippen molar-refractivity contribution in [2.24, 2.45) is 10.9 Å². The molecular weight excluding hydrogens is 140 g/mol. The van der Waals surface area contributed by atoms with E-state index < -0.39 is 5.91 Å². The standard InChI is InChI=1S/C4H8N2O2S/c1-2-9-4(6-8)3(5)7/h8H,2H2,1H3,(H2,5,7)/b6-4-. The maximum Gasteiger partial charge on any atom is 0.277 e. The summed E-state index contributed by atoms with van der Waals surface area (Å²) in [6.07, 6.45) is 0.